The van der Waals surface area contributed by atoms with Crippen molar-refractivity contribution in [3.8, 4) is 11.8 Å². The van der Waals surface area contributed by atoms with Gasteiger partial charge in [0.15, 0.2) is 6.61 Å². The quantitative estimate of drug-likeness (QED) is 0.884. The molecule has 2 atom stereocenters. The van der Waals surface area contributed by atoms with Gasteiger partial charge in [0.05, 0.1) is 18.4 Å². The van der Waals surface area contributed by atoms with Gasteiger partial charge in [0.2, 0.25) is 5.91 Å². The standard InChI is InChI=1S/C17H21N3O3/c1-12-2-5-14(17(19)22)10-20(12)16(21)11-23-15-6-3-13(4-7-15)8-9-18/h3-4,6-7,12,14H,2,5,8,10-11H2,1H3,(H2,19,22)/t12-,14+/m0/s1. The fraction of sp³-hybridized carbons (Fsp3) is 0.471. The van der Waals surface area contributed by atoms with E-state index in [1.165, 1.54) is 0 Å². The van der Waals surface area contributed by atoms with Crippen LogP contribution in [0.2, 0.25) is 0 Å². The van der Waals surface area contributed by atoms with Crippen molar-refractivity contribution in [2.75, 3.05) is 13.2 Å². The van der Waals surface area contributed by atoms with Crippen LogP contribution in [-0.4, -0.2) is 35.9 Å². The maximum absolute atomic E-state index is 12.3. The molecule has 23 heavy (non-hydrogen) atoms. The minimum absolute atomic E-state index is 0.0760. The number of carbonyl (C=O) groups is 2. The molecule has 1 aromatic carbocycles. The van der Waals surface area contributed by atoms with Crippen molar-refractivity contribution < 1.29 is 14.3 Å². The van der Waals surface area contributed by atoms with Crippen LogP contribution in [0, 0.1) is 17.2 Å². The van der Waals surface area contributed by atoms with Crippen molar-refractivity contribution in [3.05, 3.63) is 29.8 Å². The fourth-order valence-corrected chi connectivity index (χ4v) is 2.71. The van der Waals surface area contributed by atoms with Crippen LogP contribution in [0.15, 0.2) is 24.3 Å². The number of benzene rings is 1. The third-order valence-corrected chi connectivity index (χ3v) is 4.17. The molecule has 122 valence electrons. The summed E-state index contributed by atoms with van der Waals surface area (Å²) in [5, 5.41) is 8.63. The number of rotatable bonds is 5. The first-order valence-corrected chi connectivity index (χ1v) is 7.68. The second-order valence-corrected chi connectivity index (χ2v) is 5.84. The number of carbonyl (C=O) groups excluding carboxylic acids is 2. The lowest BCUT2D eigenvalue weighted by Crippen LogP contribution is -2.50. The lowest BCUT2D eigenvalue weighted by Gasteiger charge is -2.36. The zero-order chi connectivity index (χ0) is 16.8. The van der Waals surface area contributed by atoms with Gasteiger partial charge in [-0.2, -0.15) is 5.26 Å². The Bertz CT molecular complexity index is 607. The summed E-state index contributed by atoms with van der Waals surface area (Å²) in [6, 6.07) is 9.24. The predicted octanol–water partition coefficient (Wildman–Crippen LogP) is 1.24. The van der Waals surface area contributed by atoms with Gasteiger partial charge in [0.1, 0.15) is 5.75 Å². The zero-order valence-corrected chi connectivity index (χ0v) is 13.2. The van der Waals surface area contributed by atoms with Gasteiger partial charge in [-0.3, -0.25) is 9.59 Å². The van der Waals surface area contributed by atoms with E-state index < -0.39 is 0 Å². The van der Waals surface area contributed by atoms with Gasteiger partial charge in [-0.1, -0.05) is 12.1 Å². The lowest BCUT2D eigenvalue weighted by atomic mass is 9.93. The van der Waals surface area contributed by atoms with Crippen LogP contribution in [0.4, 0.5) is 0 Å². The number of piperidine rings is 1. The van der Waals surface area contributed by atoms with Crippen molar-refractivity contribution in [2.45, 2.75) is 32.2 Å². The van der Waals surface area contributed by atoms with Crippen molar-refractivity contribution >= 4 is 11.8 Å². The zero-order valence-electron chi connectivity index (χ0n) is 13.2. The third-order valence-electron chi connectivity index (χ3n) is 4.17. The molecule has 1 saturated heterocycles. The molecule has 0 radical (unpaired) electrons. The third kappa shape index (κ3) is 4.46. The summed E-state index contributed by atoms with van der Waals surface area (Å²) < 4.78 is 5.51. The van der Waals surface area contributed by atoms with Crippen LogP contribution in [-0.2, 0) is 16.0 Å². The van der Waals surface area contributed by atoms with Gasteiger partial charge in [-0.05, 0) is 37.5 Å². The molecular weight excluding hydrogens is 294 g/mol. The molecule has 1 fully saturated rings. The highest BCUT2D eigenvalue weighted by Gasteiger charge is 2.31. The summed E-state index contributed by atoms with van der Waals surface area (Å²) in [7, 11) is 0. The normalized spacial score (nSPS) is 20.6. The van der Waals surface area contributed by atoms with Crippen LogP contribution in [0.25, 0.3) is 0 Å². The smallest absolute Gasteiger partial charge is 0.260 e. The number of likely N-dealkylation sites (tertiary alicyclic amines) is 1. The summed E-state index contributed by atoms with van der Waals surface area (Å²) in [4.78, 5) is 25.3. The number of nitrogens with zero attached hydrogens (tertiary/aromatic N) is 2. The maximum atomic E-state index is 12.3. The van der Waals surface area contributed by atoms with Crippen LogP contribution in [0.1, 0.15) is 25.3 Å². The Morgan fingerprint density at radius 1 is 1.35 bits per heavy atom. The Labute approximate surface area is 135 Å². The monoisotopic (exact) mass is 315 g/mol. The van der Waals surface area contributed by atoms with Gasteiger partial charge >= 0.3 is 0 Å². The average molecular weight is 315 g/mol. The highest BCUT2D eigenvalue weighted by Crippen LogP contribution is 2.22. The first kappa shape index (κ1) is 16.8. The van der Waals surface area contributed by atoms with Gasteiger partial charge < -0.3 is 15.4 Å². The molecule has 1 aromatic rings. The van der Waals surface area contributed by atoms with Crippen LogP contribution in [0.5, 0.6) is 5.75 Å². The molecular formula is C17H21N3O3. The highest BCUT2D eigenvalue weighted by atomic mass is 16.5. The van der Waals surface area contributed by atoms with E-state index in [4.69, 9.17) is 15.7 Å². The van der Waals surface area contributed by atoms with E-state index in [1.807, 2.05) is 6.92 Å². The number of nitriles is 1. The van der Waals surface area contributed by atoms with Crippen LogP contribution in [0.3, 0.4) is 0 Å². The summed E-state index contributed by atoms with van der Waals surface area (Å²) in [5.74, 6) is -0.204. The van der Waals surface area contributed by atoms with Crippen molar-refractivity contribution in [1.82, 2.24) is 4.90 Å². The molecule has 1 aliphatic heterocycles. The number of nitrogens with two attached hydrogens (primary N) is 1. The molecule has 6 heteroatoms. The lowest BCUT2D eigenvalue weighted by molar-refractivity contribution is -0.139. The molecule has 2 rings (SSSR count). The predicted molar refractivity (Wildman–Crippen MR) is 84.3 cm³/mol. The fourth-order valence-electron chi connectivity index (χ4n) is 2.71. The topological polar surface area (TPSA) is 96.4 Å². The Balaban J connectivity index is 1.90. The van der Waals surface area contributed by atoms with E-state index in [0.717, 1.165) is 18.4 Å². The SMILES string of the molecule is C[C@H]1CC[C@@H](C(N)=O)CN1C(=O)COc1ccc(CC#N)cc1. The number of hydrogen-bond acceptors (Lipinski definition) is 4. The molecule has 0 bridgehead atoms. The Hall–Kier alpha value is -2.55. The van der Waals surface area contributed by atoms with Crippen molar-refractivity contribution in [3.63, 3.8) is 0 Å². The number of primary amides is 1. The van der Waals surface area contributed by atoms with Crippen LogP contribution < -0.4 is 10.5 Å². The van der Waals surface area contributed by atoms with Crippen molar-refractivity contribution in [2.24, 2.45) is 11.7 Å². The average Bonchev–Trinajstić information content (AvgIpc) is 2.54. The first-order chi connectivity index (χ1) is 11.0. The highest BCUT2D eigenvalue weighted by molar-refractivity contribution is 5.81. The molecule has 0 spiro atoms. The first-order valence-electron chi connectivity index (χ1n) is 7.68. The minimum atomic E-state index is -0.358. The van der Waals surface area contributed by atoms with Crippen LogP contribution >= 0.6 is 0 Å². The summed E-state index contributed by atoms with van der Waals surface area (Å²) in [6.45, 7) is 2.25. The number of amides is 2. The Morgan fingerprint density at radius 3 is 2.65 bits per heavy atom. The summed E-state index contributed by atoms with van der Waals surface area (Å²) in [6.07, 6.45) is 1.84. The van der Waals surface area contributed by atoms with E-state index in [-0.39, 0.29) is 30.4 Å². The van der Waals surface area contributed by atoms with Gasteiger partial charge in [0, 0.05) is 12.6 Å². The molecule has 2 N–H and O–H groups in total. The second-order valence-electron chi connectivity index (χ2n) is 5.84. The maximum Gasteiger partial charge on any atom is 0.260 e. The van der Waals surface area contributed by atoms with E-state index in [1.54, 1.807) is 29.2 Å². The molecule has 1 heterocycles. The Morgan fingerprint density at radius 2 is 2.04 bits per heavy atom. The van der Waals surface area contributed by atoms with E-state index in [2.05, 4.69) is 6.07 Å². The summed E-state index contributed by atoms with van der Waals surface area (Å²) in [5.41, 5.74) is 6.25. The molecule has 0 saturated carbocycles. The van der Waals surface area contributed by atoms with E-state index in [9.17, 15) is 9.59 Å². The molecule has 0 aliphatic carbocycles. The van der Waals surface area contributed by atoms with Gasteiger partial charge in [0.25, 0.3) is 5.91 Å². The number of ether oxygens (including phenoxy) is 1. The van der Waals surface area contributed by atoms with E-state index in [0.29, 0.717) is 18.7 Å². The molecule has 6 nitrogen and oxygen atoms in total. The molecule has 1 aliphatic rings. The van der Waals surface area contributed by atoms with E-state index >= 15 is 0 Å². The molecule has 0 unspecified atom stereocenters. The van der Waals surface area contributed by atoms with Crippen molar-refractivity contribution in [1.29, 1.82) is 5.26 Å². The summed E-state index contributed by atoms with van der Waals surface area (Å²) >= 11 is 0. The Kier molecular flexibility index (Phi) is 5.58. The largest absolute Gasteiger partial charge is 0.484 e. The molecule has 0 aromatic heterocycles. The van der Waals surface area contributed by atoms with Gasteiger partial charge in [-0.25, -0.2) is 0 Å². The molecule has 2 amide bonds. The van der Waals surface area contributed by atoms with Gasteiger partial charge in [-0.15, -0.1) is 0 Å². The second kappa shape index (κ2) is 7.63. The number of hydrogen-bond donors (Lipinski definition) is 1. The minimum Gasteiger partial charge on any atom is -0.484 e.